The summed E-state index contributed by atoms with van der Waals surface area (Å²) < 4.78 is 2.10. The predicted molar refractivity (Wildman–Crippen MR) is 96.5 cm³/mol. The standard InChI is InChI=1S/C20H25N3O/c1-2-15-23-18-12-7-6-11-17(18)22-19(23)13-8-14-21-20(24)16-9-4-3-5-10-16/h1,6-7,11-12,16H,3-5,8-10,13-15H2,(H,21,24). The van der Waals surface area contributed by atoms with Crippen molar-refractivity contribution in [1.29, 1.82) is 0 Å². The van der Waals surface area contributed by atoms with E-state index in [4.69, 9.17) is 11.4 Å². The van der Waals surface area contributed by atoms with Crippen LogP contribution in [0.15, 0.2) is 24.3 Å². The van der Waals surface area contributed by atoms with Gasteiger partial charge in [-0.3, -0.25) is 4.79 Å². The van der Waals surface area contributed by atoms with Crippen LogP contribution in [0.5, 0.6) is 0 Å². The molecule has 3 rings (SSSR count). The molecule has 1 amide bonds. The number of aromatic nitrogens is 2. The number of imidazole rings is 1. The average molecular weight is 323 g/mol. The van der Waals surface area contributed by atoms with E-state index in [2.05, 4.69) is 15.8 Å². The first-order valence-corrected chi connectivity index (χ1v) is 8.95. The summed E-state index contributed by atoms with van der Waals surface area (Å²) in [5.41, 5.74) is 2.06. The van der Waals surface area contributed by atoms with E-state index in [1.807, 2.05) is 24.3 Å². The summed E-state index contributed by atoms with van der Waals surface area (Å²) in [4.78, 5) is 16.9. The predicted octanol–water partition coefficient (Wildman–Crippen LogP) is 3.30. The first-order valence-electron chi connectivity index (χ1n) is 8.95. The van der Waals surface area contributed by atoms with Gasteiger partial charge in [0.1, 0.15) is 5.82 Å². The molecule has 1 aliphatic carbocycles. The van der Waals surface area contributed by atoms with Crippen molar-refractivity contribution in [3.8, 4) is 12.3 Å². The van der Waals surface area contributed by atoms with Gasteiger partial charge < -0.3 is 9.88 Å². The zero-order chi connectivity index (χ0) is 16.8. The minimum atomic E-state index is 0.227. The molecule has 1 aromatic heterocycles. The summed E-state index contributed by atoms with van der Waals surface area (Å²) in [5, 5.41) is 3.09. The molecular weight excluding hydrogens is 298 g/mol. The number of rotatable bonds is 6. The van der Waals surface area contributed by atoms with Crippen LogP contribution in [-0.2, 0) is 17.8 Å². The van der Waals surface area contributed by atoms with Gasteiger partial charge in [-0.15, -0.1) is 6.42 Å². The van der Waals surface area contributed by atoms with Gasteiger partial charge in [0.2, 0.25) is 5.91 Å². The number of fused-ring (bicyclic) bond motifs is 1. The lowest BCUT2D eigenvalue weighted by atomic mass is 9.89. The number of terminal acetylenes is 1. The van der Waals surface area contributed by atoms with Gasteiger partial charge >= 0.3 is 0 Å². The molecule has 1 fully saturated rings. The van der Waals surface area contributed by atoms with Gasteiger partial charge in [0.05, 0.1) is 17.6 Å². The highest BCUT2D eigenvalue weighted by molar-refractivity contribution is 5.78. The van der Waals surface area contributed by atoms with Gasteiger partial charge in [-0.1, -0.05) is 37.3 Å². The Bertz CT molecular complexity index is 735. The third-order valence-corrected chi connectivity index (χ3v) is 4.84. The second-order valence-electron chi connectivity index (χ2n) is 6.54. The van der Waals surface area contributed by atoms with Gasteiger partial charge in [-0.2, -0.15) is 0 Å². The Kier molecular flexibility index (Phi) is 5.53. The van der Waals surface area contributed by atoms with Crippen LogP contribution in [0.25, 0.3) is 11.0 Å². The molecule has 0 saturated heterocycles. The maximum atomic E-state index is 12.2. The second kappa shape index (κ2) is 8.01. The van der Waals surface area contributed by atoms with Crippen molar-refractivity contribution in [3.63, 3.8) is 0 Å². The first kappa shape index (κ1) is 16.6. The summed E-state index contributed by atoms with van der Waals surface area (Å²) >= 11 is 0. The Morgan fingerprint density at radius 2 is 2.08 bits per heavy atom. The maximum absolute atomic E-state index is 12.2. The van der Waals surface area contributed by atoms with Crippen molar-refractivity contribution >= 4 is 16.9 Å². The Hall–Kier alpha value is -2.28. The van der Waals surface area contributed by atoms with Crippen molar-refractivity contribution < 1.29 is 4.79 Å². The van der Waals surface area contributed by atoms with Crippen LogP contribution in [0.3, 0.4) is 0 Å². The molecule has 4 heteroatoms. The van der Waals surface area contributed by atoms with E-state index in [-0.39, 0.29) is 11.8 Å². The van der Waals surface area contributed by atoms with Crippen molar-refractivity contribution in [1.82, 2.24) is 14.9 Å². The lowest BCUT2D eigenvalue weighted by Crippen LogP contribution is -2.32. The van der Waals surface area contributed by atoms with Gasteiger partial charge in [0.25, 0.3) is 0 Å². The van der Waals surface area contributed by atoms with Crippen LogP contribution < -0.4 is 5.32 Å². The molecule has 4 nitrogen and oxygen atoms in total. The van der Waals surface area contributed by atoms with E-state index in [1.165, 1.54) is 19.3 Å². The number of aryl methyl sites for hydroxylation is 1. The topological polar surface area (TPSA) is 46.9 Å². The summed E-state index contributed by atoms with van der Waals surface area (Å²) in [6.07, 6.45) is 12.9. The fourth-order valence-electron chi connectivity index (χ4n) is 3.55. The number of hydrogen-bond donors (Lipinski definition) is 1. The Balaban J connectivity index is 1.55. The molecular formula is C20H25N3O. The van der Waals surface area contributed by atoms with E-state index in [0.29, 0.717) is 13.1 Å². The van der Waals surface area contributed by atoms with Gasteiger partial charge in [-0.05, 0) is 31.4 Å². The van der Waals surface area contributed by atoms with Gasteiger partial charge in [-0.25, -0.2) is 4.98 Å². The number of carbonyl (C=O) groups is 1. The SMILES string of the molecule is C#CCn1c(CCCNC(=O)C2CCCCC2)nc2ccccc21. The Morgan fingerprint density at radius 3 is 2.88 bits per heavy atom. The highest BCUT2D eigenvalue weighted by Crippen LogP contribution is 2.23. The smallest absolute Gasteiger partial charge is 0.223 e. The maximum Gasteiger partial charge on any atom is 0.223 e. The fraction of sp³-hybridized carbons (Fsp3) is 0.500. The molecule has 1 aromatic carbocycles. The molecule has 2 aromatic rings. The number of nitrogens with one attached hydrogen (secondary N) is 1. The molecule has 0 spiro atoms. The van der Waals surface area contributed by atoms with E-state index in [1.54, 1.807) is 0 Å². The lowest BCUT2D eigenvalue weighted by Gasteiger charge is -2.20. The molecule has 1 heterocycles. The van der Waals surface area contributed by atoms with Gasteiger partial charge in [0.15, 0.2) is 0 Å². The highest BCUT2D eigenvalue weighted by Gasteiger charge is 2.20. The van der Waals surface area contributed by atoms with Crippen LogP contribution in [0.2, 0.25) is 0 Å². The Labute approximate surface area is 143 Å². The summed E-state index contributed by atoms with van der Waals surface area (Å²) in [6, 6.07) is 8.06. The van der Waals surface area contributed by atoms with Crippen molar-refractivity contribution in [3.05, 3.63) is 30.1 Å². The number of hydrogen-bond acceptors (Lipinski definition) is 2. The molecule has 0 radical (unpaired) electrons. The van der Waals surface area contributed by atoms with Crippen molar-refractivity contribution in [2.24, 2.45) is 5.92 Å². The molecule has 0 atom stereocenters. The van der Waals surface area contributed by atoms with Gasteiger partial charge in [0, 0.05) is 18.9 Å². The third kappa shape index (κ3) is 3.79. The average Bonchev–Trinajstić information content (AvgIpc) is 2.97. The van der Waals surface area contributed by atoms with Crippen molar-refractivity contribution in [2.75, 3.05) is 6.54 Å². The fourth-order valence-corrected chi connectivity index (χ4v) is 3.55. The molecule has 0 aliphatic heterocycles. The highest BCUT2D eigenvalue weighted by atomic mass is 16.1. The van der Waals surface area contributed by atoms with E-state index in [0.717, 1.165) is 42.5 Å². The molecule has 126 valence electrons. The van der Waals surface area contributed by atoms with Crippen LogP contribution in [0.1, 0.15) is 44.3 Å². The largest absolute Gasteiger partial charge is 0.356 e. The lowest BCUT2D eigenvalue weighted by molar-refractivity contribution is -0.125. The zero-order valence-electron chi connectivity index (χ0n) is 14.1. The van der Waals surface area contributed by atoms with Crippen LogP contribution in [0.4, 0.5) is 0 Å². The summed E-state index contributed by atoms with van der Waals surface area (Å²) in [7, 11) is 0. The third-order valence-electron chi connectivity index (χ3n) is 4.84. The molecule has 1 N–H and O–H groups in total. The van der Waals surface area contributed by atoms with Crippen LogP contribution >= 0.6 is 0 Å². The van der Waals surface area contributed by atoms with Crippen LogP contribution in [-0.4, -0.2) is 22.0 Å². The van der Waals surface area contributed by atoms with E-state index >= 15 is 0 Å². The molecule has 24 heavy (non-hydrogen) atoms. The minimum Gasteiger partial charge on any atom is -0.356 e. The Morgan fingerprint density at radius 1 is 1.29 bits per heavy atom. The summed E-state index contributed by atoms with van der Waals surface area (Å²) in [6.45, 7) is 1.23. The summed E-state index contributed by atoms with van der Waals surface area (Å²) in [5.74, 6) is 4.16. The first-order chi connectivity index (χ1) is 11.8. The number of para-hydroxylation sites is 2. The second-order valence-corrected chi connectivity index (χ2v) is 6.54. The van der Waals surface area contributed by atoms with Crippen LogP contribution in [0, 0.1) is 18.3 Å². The minimum absolute atomic E-state index is 0.227. The molecule has 1 aliphatic rings. The molecule has 0 unspecified atom stereocenters. The van der Waals surface area contributed by atoms with E-state index < -0.39 is 0 Å². The zero-order valence-corrected chi connectivity index (χ0v) is 14.1. The number of benzene rings is 1. The monoisotopic (exact) mass is 323 g/mol. The van der Waals surface area contributed by atoms with E-state index in [9.17, 15) is 4.79 Å². The molecule has 1 saturated carbocycles. The van der Waals surface area contributed by atoms with Crippen molar-refractivity contribution in [2.45, 2.75) is 51.5 Å². The number of carbonyl (C=O) groups excluding carboxylic acids is 1. The number of nitrogens with zero attached hydrogens (tertiary/aromatic N) is 2. The quantitative estimate of drug-likeness (QED) is 0.655. The number of amides is 1. The normalized spacial score (nSPS) is 15.3. The molecule has 0 bridgehead atoms.